The van der Waals surface area contributed by atoms with Crippen molar-refractivity contribution in [1.29, 1.82) is 0 Å². The molecule has 3 aromatic rings. The molecular formula is C19H16FN3O2. The summed E-state index contributed by atoms with van der Waals surface area (Å²) in [6.45, 7) is 3.67. The van der Waals surface area contributed by atoms with E-state index in [2.05, 4.69) is 15.3 Å². The molecule has 2 N–H and O–H groups in total. The lowest BCUT2D eigenvalue weighted by Gasteiger charge is -2.13. The normalized spacial score (nSPS) is 10.5. The van der Waals surface area contributed by atoms with Crippen LogP contribution in [0.1, 0.15) is 21.6 Å². The zero-order valence-corrected chi connectivity index (χ0v) is 13.7. The average Bonchev–Trinajstić information content (AvgIpc) is 2.59. The molecule has 1 heterocycles. The highest BCUT2D eigenvalue weighted by atomic mass is 19.1. The number of carboxylic acid groups (broad SMARTS) is 1. The van der Waals surface area contributed by atoms with E-state index in [1.165, 1.54) is 18.2 Å². The van der Waals surface area contributed by atoms with Gasteiger partial charge in [-0.25, -0.2) is 19.2 Å². The summed E-state index contributed by atoms with van der Waals surface area (Å²) in [4.78, 5) is 19.9. The fourth-order valence-electron chi connectivity index (χ4n) is 2.38. The van der Waals surface area contributed by atoms with Crippen LogP contribution in [0.25, 0.3) is 11.4 Å². The van der Waals surface area contributed by atoms with Gasteiger partial charge in [0, 0.05) is 16.9 Å². The fraction of sp³-hybridized carbons (Fsp3) is 0.105. The second-order valence-electron chi connectivity index (χ2n) is 5.60. The van der Waals surface area contributed by atoms with Gasteiger partial charge < -0.3 is 10.4 Å². The van der Waals surface area contributed by atoms with Crippen LogP contribution in [0.15, 0.2) is 48.5 Å². The smallest absolute Gasteiger partial charge is 0.335 e. The van der Waals surface area contributed by atoms with Crippen molar-refractivity contribution in [3.63, 3.8) is 0 Å². The molecule has 1 aromatic heterocycles. The molecule has 0 aliphatic rings. The molecular weight excluding hydrogens is 321 g/mol. The molecule has 3 rings (SSSR count). The molecule has 0 aliphatic carbocycles. The first kappa shape index (κ1) is 16.6. The van der Waals surface area contributed by atoms with E-state index in [4.69, 9.17) is 5.11 Å². The van der Waals surface area contributed by atoms with Gasteiger partial charge in [-0.3, -0.25) is 0 Å². The van der Waals surface area contributed by atoms with Gasteiger partial charge in [-0.1, -0.05) is 18.2 Å². The zero-order chi connectivity index (χ0) is 18.0. The van der Waals surface area contributed by atoms with Crippen molar-refractivity contribution in [3.05, 3.63) is 71.2 Å². The Kier molecular flexibility index (Phi) is 4.43. The molecule has 0 fully saturated rings. The van der Waals surface area contributed by atoms with Gasteiger partial charge in [0.2, 0.25) is 0 Å². The number of aromatic carboxylic acids is 1. The largest absolute Gasteiger partial charge is 0.478 e. The zero-order valence-electron chi connectivity index (χ0n) is 13.7. The highest BCUT2D eigenvalue weighted by Gasteiger charge is 2.13. The summed E-state index contributed by atoms with van der Waals surface area (Å²) in [6, 6.07) is 12.7. The van der Waals surface area contributed by atoms with E-state index in [-0.39, 0.29) is 11.4 Å². The van der Waals surface area contributed by atoms with Crippen LogP contribution >= 0.6 is 0 Å². The number of rotatable bonds is 4. The van der Waals surface area contributed by atoms with Crippen molar-refractivity contribution in [2.75, 3.05) is 5.32 Å². The Morgan fingerprint density at radius 1 is 1.08 bits per heavy atom. The Morgan fingerprint density at radius 2 is 1.84 bits per heavy atom. The van der Waals surface area contributed by atoms with Crippen molar-refractivity contribution in [1.82, 2.24) is 9.97 Å². The molecule has 126 valence electrons. The number of nitrogens with zero attached hydrogens (tertiary/aromatic N) is 2. The first-order valence-corrected chi connectivity index (χ1v) is 7.66. The van der Waals surface area contributed by atoms with E-state index >= 15 is 0 Å². The molecule has 0 amide bonds. The topological polar surface area (TPSA) is 75.1 Å². The second kappa shape index (κ2) is 6.68. The van der Waals surface area contributed by atoms with Crippen molar-refractivity contribution >= 4 is 17.5 Å². The maximum atomic E-state index is 14.0. The first-order chi connectivity index (χ1) is 12.0. The van der Waals surface area contributed by atoms with Gasteiger partial charge in [-0.2, -0.15) is 0 Å². The molecule has 0 saturated carbocycles. The predicted octanol–water partition coefficient (Wildman–Crippen LogP) is 4.34. The number of aryl methyl sites for hydroxylation is 1. The van der Waals surface area contributed by atoms with Gasteiger partial charge in [0.05, 0.1) is 11.1 Å². The maximum Gasteiger partial charge on any atom is 0.335 e. The number of carbonyl (C=O) groups is 1. The lowest BCUT2D eigenvalue weighted by molar-refractivity contribution is 0.0697. The van der Waals surface area contributed by atoms with Gasteiger partial charge in [0.15, 0.2) is 5.82 Å². The Morgan fingerprint density at radius 3 is 2.56 bits per heavy atom. The summed E-state index contributed by atoms with van der Waals surface area (Å²) >= 11 is 0. The summed E-state index contributed by atoms with van der Waals surface area (Å²) in [6.07, 6.45) is 0. The summed E-state index contributed by atoms with van der Waals surface area (Å²) in [5.41, 5.74) is 2.59. The van der Waals surface area contributed by atoms with Crippen LogP contribution in [0, 0.1) is 19.7 Å². The highest BCUT2D eigenvalue weighted by Crippen LogP contribution is 2.26. The molecule has 0 spiro atoms. The minimum atomic E-state index is -1.01. The minimum absolute atomic E-state index is 0.169. The van der Waals surface area contributed by atoms with Crippen molar-refractivity contribution in [2.45, 2.75) is 13.8 Å². The summed E-state index contributed by atoms with van der Waals surface area (Å²) in [7, 11) is 0. The van der Waals surface area contributed by atoms with E-state index < -0.39 is 11.8 Å². The van der Waals surface area contributed by atoms with Crippen LogP contribution in [0.2, 0.25) is 0 Å². The number of carboxylic acids is 1. The van der Waals surface area contributed by atoms with E-state index in [1.54, 1.807) is 30.3 Å². The van der Waals surface area contributed by atoms with E-state index in [9.17, 15) is 9.18 Å². The molecule has 0 bridgehead atoms. The predicted molar refractivity (Wildman–Crippen MR) is 93.6 cm³/mol. The molecule has 0 aliphatic heterocycles. The highest BCUT2D eigenvalue weighted by molar-refractivity contribution is 5.89. The van der Waals surface area contributed by atoms with Gasteiger partial charge in [0.1, 0.15) is 11.6 Å². The Bertz CT molecular complexity index is 957. The number of halogens is 1. The molecule has 25 heavy (non-hydrogen) atoms. The fourth-order valence-corrected chi connectivity index (χ4v) is 2.38. The lowest BCUT2D eigenvalue weighted by Crippen LogP contribution is -2.04. The standard InChI is InChI=1S/C19H16FN3O2/c1-11-12(2)21-18(15-8-3-4-9-16(15)20)23-17(11)22-14-7-5-6-13(10-14)19(24)25/h3-10H,1-2H3,(H,24,25)(H,21,22,23). The third kappa shape index (κ3) is 3.47. The number of hydrogen-bond acceptors (Lipinski definition) is 4. The molecule has 5 nitrogen and oxygen atoms in total. The van der Waals surface area contributed by atoms with E-state index in [0.29, 0.717) is 22.8 Å². The number of nitrogens with one attached hydrogen (secondary N) is 1. The number of hydrogen-bond donors (Lipinski definition) is 2. The third-order valence-electron chi connectivity index (χ3n) is 3.88. The Hall–Kier alpha value is -3.28. The Labute approximate surface area is 144 Å². The van der Waals surface area contributed by atoms with Gasteiger partial charge in [-0.05, 0) is 44.2 Å². The minimum Gasteiger partial charge on any atom is -0.478 e. The third-order valence-corrected chi connectivity index (χ3v) is 3.88. The average molecular weight is 337 g/mol. The van der Waals surface area contributed by atoms with E-state index in [0.717, 1.165) is 5.56 Å². The molecule has 0 radical (unpaired) electrons. The number of aromatic nitrogens is 2. The number of anilines is 2. The van der Waals surface area contributed by atoms with Crippen LogP contribution in [-0.2, 0) is 0 Å². The molecule has 2 aromatic carbocycles. The summed E-state index contributed by atoms with van der Waals surface area (Å²) < 4.78 is 14.0. The Balaban J connectivity index is 2.03. The molecule has 0 atom stereocenters. The van der Waals surface area contributed by atoms with Crippen LogP contribution in [-0.4, -0.2) is 21.0 Å². The molecule has 0 unspecified atom stereocenters. The van der Waals surface area contributed by atoms with Crippen LogP contribution < -0.4 is 5.32 Å². The van der Waals surface area contributed by atoms with Gasteiger partial charge in [-0.15, -0.1) is 0 Å². The van der Waals surface area contributed by atoms with Gasteiger partial charge in [0.25, 0.3) is 0 Å². The lowest BCUT2D eigenvalue weighted by atomic mass is 10.1. The SMILES string of the molecule is Cc1nc(-c2ccccc2F)nc(Nc2cccc(C(=O)O)c2)c1C. The quantitative estimate of drug-likeness (QED) is 0.740. The first-order valence-electron chi connectivity index (χ1n) is 7.66. The van der Waals surface area contributed by atoms with Crippen molar-refractivity contribution < 1.29 is 14.3 Å². The van der Waals surface area contributed by atoms with Gasteiger partial charge >= 0.3 is 5.97 Å². The van der Waals surface area contributed by atoms with Crippen LogP contribution in [0.5, 0.6) is 0 Å². The second-order valence-corrected chi connectivity index (χ2v) is 5.60. The maximum absolute atomic E-state index is 14.0. The van der Waals surface area contributed by atoms with Crippen molar-refractivity contribution in [3.8, 4) is 11.4 Å². The van der Waals surface area contributed by atoms with Crippen LogP contribution in [0.4, 0.5) is 15.9 Å². The van der Waals surface area contributed by atoms with E-state index in [1.807, 2.05) is 13.8 Å². The summed E-state index contributed by atoms with van der Waals surface area (Å²) in [5, 5.41) is 12.2. The molecule has 6 heteroatoms. The van der Waals surface area contributed by atoms with Crippen molar-refractivity contribution in [2.24, 2.45) is 0 Å². The molecule has 0 saturated heterocycles. The monoisotopic (exact) mass is 337 g/mol. The van der Waals surface area contributed by atoms with Crippen LogP contribution in [0.3, 0.4) is 0 Å². The summed E-state index contributed by atoms with van der Waals surface area (Å²) in [5.74, 6) is -0.623. The number of benzene rings is 2.